The summed E-state index contributed by atoms with van der Waals surface area (Å²) in [7, 11) is 1.40. The fraction of sp³-hybridized carbons (Fsp3) is 0.875. The van der Waals surface area contributed by atoms with Crippen LogP contribution < -0.4 is 0 Å². The third kappa shape index (κ3) is 6.05. The van der Waals surface area contributed by atoms with Crippen molar-refractivity contribution in [2.75, 3.05) is 13.7 Å². The van der Waals surface area contributed by atoms with Crippen LogP contribution >= 0.6 is 0 Å². The lowest BCUT2D eigenvalue weighted by molar-refractivity contribution is -0.169. The lowest BCUT2D eigenvalue weighted by Crippen LogP contribution is -2.36. The minimum absolute atomic E-state index is 0.231. The Kier molecular flexibility index (Phi) is 8.17. The highest BCUT2D eigenvalue weighted by Gasteiger charge is 2.47. The topological polar surface area (TPSA) is 59.0 Å². The van der Waals surface area contributed by atoms with Gasteiger partial charge in [0, 0.05) is 19.1 Å². The Labute approximate surface area is 176 Å². The zero-order valence-electron chi connectivity index (χ0n) is 18.6. The van der Waals surface area contributed by atoms with Crippen LogP contribution in [0.25, 0.3) is 0 Å². The fourth-order valence-electron chi connectivity index (χ4n) is 5.56. The number of amides is 1. The van der Waals surface area contributed by atoms with Crippen molar-refractivity contribution in [2.45, 2.75) is 103 Å². The maximum atomic E-state index is 12.0. The first-order chi connectivity index (χ1) is 13.9. The number of allylic oxidation sites excluding steroid dienone is 2. The predicted molar refractivity (Wildman–Crippen MR) is 114 cm³/mol. The summed E-state index contributed by atoms with van der Waals surface area (Å²) in [6, 6.07) is 0. The molecule has 1 N–H and O–H groups in total. The molecule has 0 aromatic carbocycles. The zero-order valence-corrected chi connectivity index (χ0v) is 18.6. The van der Waals surface area contributed by atoms with Crippen LogP contribution in [0.4, 0.5) is 0 Å². The molecule has 5 heteroatoms. The second kappa shape index (κ2) is 10.4. The zero-order chi connectivity index (χ0) is 20.9. The van der Waals surface area contributed by atoms with Gasteiger partial charge in [-0.15, -0.1) is 0 Å². The quantitative estimate of drug-likeness (QED) is 0.310. The summed E-state index contributed by atoms with van der Waals surface area (Å²) >= 11 is 0. The first-order valence-corrected chi connectivity index (χ1v) is 11.8. The summed E-state index contributed by atoms with van der Waals surface area (Å²) in [5.41, 5.74) is -0.539. The van der Waals surface area contributed by atoms with Gasteiger partial charge in [-0.3, -0.25) is 10.0 Å². The Morgan fingerprint density at radius 2 is 1.79 bits per heavy atom. The third-order valence-corrected chi connectivity index (χ3v) is 7.33. The van der Waals surface area contributed by atoms with Crippen molar-refractivity contribution in [3.05, 3.63) is 12.2 Å². The van der Waals surface area contributed by atoms with E-state index in [2.05, 4.69) is 12.2 Å². The number of hydroxylamine groups is 2. The summed E-state index contributed by atoms with van der Waals surface area (Å²) < 4.78 is 12.4. The van der Waals surface area contributed by atoms with Crippen molar-refractivity contribution in [2.24, 2.45) is 17.3 Å². The van der Waals surface area contributed by atoms with Gasteiger partial charge in [-0.05, 0) is 63.2 Å². The van der Waals surface area contributed by atoms with Crippen LogP contribution in [0.15, 0.2) is 12.2 Å². The average molecular weight is 408 g/mol. The Balaban J connectivity index is 1.41. The summed E-state index contributed by atoms with van der Waals surface area (Å²) in [5.74, 6) is 1.01. The van der Waals surface area contributed by atoms with Gasteiger partial charge in [0.15, 0.2) is 0 Å². The third-order valence-electron chi connectivity index (χ3n) is 7.33. The van der Waals surface area contributed by atoms with E-state index >= 15 is 0 Å². The highest BCUT2D eigenvalue weighted by molar-refractivity contribution is 5.80. The van der Waals surface area contributed by atoms with E-state index in [0.29, 0.717) is 35.2 Å². The molecular weight excluding hydrogens is 366 g/mol. The summed E-state index contributed by atoms with van der Waals surface area (Å²) in [6.07, 6.45) is 18.5. The molecule has 1 saturated carbocycles. The van der Waals surface area contributed by atoms with Crippen LogP contribution in [0.2, 0.25) is 0 Å². The van der Waals surface area contributed by atoms with Gasteiger partial charge >= 0.3 is 0 Å². The molecule has 1 amide bonds. The lowest BCUT2D eigenvalue weighted by Gasteiger charge is -2.28. The number of hydrogen-bond donors (Lipinski definition) is 1. The lowest BCUT2D eigenvalue weighted by atomic mass is 9.76. The van der Waals surface area contributed by atoms with Crippen LogP contribution in [0.3, 0.4) is 0 Å². The largest absolute Gasteiger partial charge is 0.378 e. The molecule has 0 aromatic heterocycles. The Hall–Kier alpha value is -0.910. The number of nitrogens with zero attached hydrogens (tertiary/aromatic N) is 1. The molecule has 166 valence electrons. The van der Waals surface area contributed by atoms with Crippen LogP contribution in [0, 0.1) is 17.3 Å². The fourth-order valence-corrected chi connectivity index (χ4v) is 5.56. The number of carbonyl (C=O) groups is 1. The molecule has 0 spiro atoms. The van der Waals surface area contributed by atoms with Crippen molar-refractivity contribution in [1.82, 2.24) is 5.06 Å². The van der Waals surface area contributed by atoms with Gasteiger partial charge in [0.05, 0.1) is 18.3 Å². The van der Waals surface area contributed by atoms with E-state index in [1.807, 2.05) is 13.8 Å². The predicted octanol–water partition coefficient (Wildman–Crippen LogP) is 5.12. The number of fused-ring (bicyclic) bond motifs is 2. The highest BCUT2D eigenvalue weighted by Crippen LogP contribution is 2.46. The maximum Gasteiger partial charge on any atom is 0.251 e. The molecular formula is C24H41NO4. The monoisotopic (exact) mass is 407 g/mol. The number of hydrogen-bond acceptors (Lipinski definition) is 4. The Morgan fingerprint density at radius 1 is 1.10 bits per heavy atom. The van der Waals surface area contributed by atoms with Gasteiger partial charge in [0.1, 0.15) is 0 Å². The summed E-state index contributed by atoms with van der Waals surface area (Å²) in [4.78, 5) is 12.0. The van der Waals surface area contributed by atoms with Gasteiger partial charge in [-0.25, -0.2) is 5.06 Å². The molecule has 5 nitrogen and oxygen atoms in total. The second-order valence-corrected chi connectivity index (χ2v) is 10.00. The SMILES string of the molecule is CN(O)C(=O)C(C)(C)CCC=CC[C@@H]1[C@H](CCOC2CCCCC2)[C@@H]2CC[C@H]1O2. The minimum Gasteiger partial charge on any atom is -0.378 e. The Morgan fingerprint density at radius 3 is 2.48 bits per heavy atom. The molecule has 0 radical (unpaired) electrons. The molecule has 2 saturated heterocycles. The molecule has 29 heavy (non-hydrogen) atoms. The van der Waals surface area contributed by atoms with Gasteiger partial charge < -0.3 is 9.47 Å². The first-order valence-electron chi connectivity index (χ1n) is 11.8. The van der Waals surface area contributed by atoms with Crippen molar-refractivity contribution in [3.8, 4) is 0 Å². The molecule has 2 heterocycles. The molecule has 0 unspecified atom stereocenters. The highest BCUT2D eigenvalue weighted by atomic mass is 16.5. The molecule has 2 bridgehead atoms. The summed E-state index contributed by atoms with van der Waals surface area (Å²) in [6.45, 7) is 4.66. The number of carbonyl (C=O) groups excluding carboxylic acids is 1. The van der Waals surface area contributed by atoms with Crippen molar-refractivity contribution < 1.29 is 19.5 Å². The molecule has 3 aliphatic rings. The minimum atomic E-state index is -0.539. The van der Waals surface area contributed by atoms with Crippen LogP contribution in [0.5, 0.6) is 0 Å². The van der Waals surface area contributed by atoms with Gasteiger partial charge in [-0.2, -0.15) is 0 Å². The van der Waals surface area contributed by atoms with E-state index in [1.165, 1.54) is 52.0 Å². The molecule has 0 aromatic rings. The van der Waals surface area contributed by atoms with E-state index in [0.717, 1.165) is 32.3 Å². The van der Waals surface area contributed by atoms with Gasteiger partial charge in [0.25, 0.3) is 5.91 Å². The van der Waals surface area contributed by atoms with Crippen LogP contribution in [-0.2, 0) is 14.3 Å². The van der Waals surface area contributed by atoms with Crippen LogP contribution in [0.1, 0.15) is 84.5 Å². The van der Waals surface area contributed by atoms with Gasteiger partial charge in [0.2, 0.25) is 0 Å². The molecule has 1 aliphatic carbocycles. The standard InChI is InChI=1S/C24H41NO4/c1-24(2,23(26)25(3)27)16-9-5-8-12-19-20(22-14-13-21(19)29-22)15-17-28-18-10-6-4-7-11-18/h5,8,18-22,27H,4,6-7,9-17H2,1-3H3/t19-,20+,21-,22+/m1/s1. The summed E-state index contributed by atoms with van der Waals surface area (Å²) in [5, 5.41) is 10.1. The van der Waals surface area contributed by atoms with E-state index in [4.69, 9.17) is 9.47 Å². The van der Waals surface area contributed by atoms with Gasteiger partial charge in [-0.1, -0.05) is 45.3 Å². The van der Waals surface area contributed by atoms with Crippen molar-refractivity contribution in [1.29, 1.82) is 0 Å². The number of rotatable bonds is 10. The number of ether oxygens (including phenoxy) is 2. The van der Waals surface area contributed by atoms with Crippen molar-refractivity contribution in [3.63, 3.8) is 0 Å². The normalized spacial score (nSPS) is 30.3. The van der Waals surface area contributed by atoms with E-state index in [-0.39, 0.29) is 5.91 Å². The van der Waals surface area contributed by atoms with E-state index in [1.54, 1.807) is 0 Å². The smallest absolute Gasteiger partial charge is 0.251 e. The molecule has 4 atom stereocenters. The molecule has 2 aliphatic heterocycles. The van der Waals surface area contributed by atoms with Crippen LogP contribution in [-0.4, -0.2) is 48.1 Å². The van der Waals surface area contributed by atoms with Crippen molar-refractivity contribution >= 4 is 5.91 Å². The molecule has 3 fully saturated rings. The first kappa shape index (κ1) is 22.8. The molecule has 3 rings (SSSR count). The van der Waals surface area contributed by atoms with E-state index < -0.39 is 5.41 Å². The average Bonchev–Trinajstić information content (AvgIpc) is 3.30. The maximum absolute atomic E-state index is 12.0. The Bertz CT molecular complexity index is 553. The second-order valence-electron chi connectivity index (χ2n) is 10.00. The van der Waals surface area contributed by atoms with E-state index in [9.17, 15) is 10.0 Å².